The van der Waals surface area contributed by atoms with Gasteiger partial charge in [-0.3, -0.25) is 4.98 Å². The third kappa shape index (κ3) is 3.22. The molecule has 138 valence electrons. The highest BCUT2D eigenvalue weighted by molar-refractivity contribution is 6.36. The molecule has 3 nitrogen and oxygen atoms in total. The van der Waals surface area contributed by atoms with E-state index in [9.17, 15) is 0 Å². The van der Waals surface area contributed by atoms with Gasteiger partial charge in [-0.15, -0.1) is 0 Å². The van der Waals surface area contributed by atoms with E-state index in [-0.39, 0.29) is 0 Å². The Hall–Kier alpha value is -2.36. The molecule has 0 bridgehead atoms. The second-order valence-electron chi connectivity index (χ2n) is 7.16. The third-order valence-corrected chi connectivity index (χ3v) is 5.55. The Morgan fingerprint density at radius 2 is 1.89 bits per heavy atom. The zero-order chi connectivity index (χ0) is 19.0. The summed E-state index contributed by atoms with van der Waals surface area (Å²) < 4.78 is 0. The summed E-state index contributed by atoms with van der Waals surface area (Å²) in [6.07, 6.45) is 3.00. The second kappa shape index (κ2) is 7.34. The monoisotopic (exact) mass is 377 g/mol. The van der Waals surface area contributed by atoms with E-state index in [0.717, 1.165) is 57.5 Å². The molecule has 0 spiro atoms. The normalized spacial score (nSPS) is 11.6. The Kier molecular flexibility index (Phi) is 4.90. The summed E-state index contributed by atoms with van der Waals surface area (Å²) in [6, 6.07) is 14.6. The number of nitrogens with zero attached hydrogens (tertiary/aromatic N) is 1. The number of aryl methyl sites for hydroxylation is 3. The van der Waals surface area contributed by atoms with Crippen LogP contribution in [0.15, 0.2) is 42.5 Å². The van der Waals surface area contributed by atoms with Crippen LogP contribution >= 0.6 is 11.6 Å². The van der Waals surface area contributed by atoms with Crippen LogP contribution in [0.5, 0.6) is 0 Å². The molecule has 0 aliphatic carbocycles. The molecule has 4 aromatic rings. The van der Waals surface area contributed by atoms with Gasteiger partial charge in [0.25, 0.3) is 0 Å². The smallest absolute Gasteiger partial charge is 0.0711 e. The summed E-state index contributed by atoms with van der Waals surface area (Å²) in [5.74, 6) is 0. The molecule has 0 atom stereocenters. The van der Waals surface area contributed by atoms with Gasteiger partial charge < -0.3 is 10.7 Å². The molecule has 2 heterocycles. The van der Waals surface area contributed by atoms with Crippen molar-refractivity contribution in [1.29, 1.82) is 0 Å². The topological polar surface area (TPSA) is 54.7 Å². The minimum Gasteiger partial charge on any atom is -0.354 e. The van der Waals surface area contributed by atoms with Gasteiger partial charge in [0.1, 0.15) is 0 Å². The lowest BCUT2D eigenvalue weighted by Gasteiger charge is -2.09. The van der Waals surface area contributed by atoms with Crippen LogP contribution in [0.1, 0.15) is 29.7 Å². The summed E-state index contributed by atoms with van der Waals surface area (Å²) in [4.78, 5) is 8.38. The number of pyridine rings is 1. The van der Waals surface area contributed by atoms with Crippen LogP contribution in [0.3, 0.4) is 0 Å². The maximum absolute atomic E-state index is 6.63. The van der Waals surface area contributed by atoms with Crippen LogP contribution in [-0.4, -0.2) is 16.5 Å². The van der Waals surface area contributed by atoms with E-state index in [0.29, 0.717) is 6.54 Å². The predicted octanol–water partition coefficient (Wildman–Crippen LogP) is 5.93. The molecular weight excluding hydrogens is 354 g/mol. The second-order valence-corrected chi connectivity index (χ2v) is 7.57. The molecule has 0 fully saturated rings. The van der Waals surface area contributed by atoms with Gasteiger partial charge >= 0.3 is 0 Å². The molecule has 2 aromatic carbocycles. The lowest BCUT2D eigenvalue weighted by atomic mass is 9.97. The number of aromatic nitrogens is 2. The van der Waals surface area contributed by atoms with Crippen LogP contribution < -0.4 is 5.73 Å². The first-order chi connectivity index (χ1) is 13.1. The van der Waals surface area contributed by atoms with Crippen molar-refractivity contribution in [2.45, 2.75) is 33.1 Å². The molecule has 27 heavy (non-hydrogen) atoms. The van der Waals surface area contributed by atoms with Gasteiger partial charge in [-0.2, -0.15) is 0 Å². The number of nitrogens with one attached hydrogen (secondary N) is 1. The minimum absolute atomic E-state index is 0.710. The first-order valence-electron chi connectivity index (χ1n) is 9.46. The van der Waals surface area contributed by atoms with E-state index >= 15 is 0 Å². The van der Waals surface area contributed by atoms with Crippen molar-refractivity contribution in [2.75, 3.05) is 6.54 Å². The Morgan fingerprint density at radius 1 is 1.04 bits per heavy atom. The fourth-order valence-electron chi connectivity index (χ4n) is 3.86. The van der Waals surface area contributed by atoms with Crippen molar-refractivity contribution in [3.05, 3.63) is 64.3 Å². The van der Waals surface area contributed by atoms with E-state index in [1.807, 2.05) is 13.0 Å². The van der Waals surface area contributed by atoms with Crippen molar-refractivity contribution in [1.82, 2.24) is 9.97 Å². The van der Waals surface area contributed by atoms with Gasteiger partial charge in [0, 0.05) is 22.0 Å². The number of hydrogen-bond acceptors (Lipinski definition) is 2. The Morgan fingerprint density at radius 3 is 2.70 bits per heavy atom. The number of hydrogen-bond donors (Lipinski definition) is 2. The fourth-order valence-corrected chi connectivity index (χ4v) is 4.14. The first kappa shape index (κ1) is 18.0. The molecule has 3 N–H and O–H groups in total. The van der Waals surface area contributed by atoms with Gasteiger partial charge in [0.15, 0.2) is 0 Å². The van der Waals surface area contributed by atoms with Gasteiger partial charge in [0.05, 0.1) is 21.7 Å². The predicted molar refractivity (Wildman–Crippen MR) is 116 cm³/mol. The molecule has 0 aliphatic rings. The van der Waals surface area contributed by atoms with E-state index < -0.39 is 0 Å². The molecule has 0 radical (unpaired) electrons. The Labute approximate surface area is 164 Å². The van der Waals surface area contributed by atoms with Crippen molar-refractivity contribution in [3.63, 3.8) is 0 Å². The largest absolute Gasteiger partial charge is 0.354 e. The standard InChI is InChI=1S/C23H24ClN3/c1-14-9-12-19(24)21-18(6-3-4-13-25)23(27-22(14)21)17-7-5-8-20-16(17)11-10-15(2)26-20/h5,7-12,27H,3-4,6,13,25H2,1-2H3. The number of benzene rings is 2. The zero-order valence-electron chi connectivity index (χ0n) is 15.8. The quantitative estimate of drug-likeness (QED) is 0.423. The molecule has 0 saturated heterocycles. The van der Waals surface area contributed by atoms with Gasteiger partial charge in [-0.05, 0) is 69.0 Å². The number of nitrogens with two attached hydrogens (primary N) is 1. The lowest BCUT2D eigenvalue weighted by Crippen LogP contribution is -1.99. The fraction of sp³-hybridized carbons (Fsp3) is 0.261. The Balaban J connectivity index is 2.00. The molecule has 0 unspecified atom stereocenters. The molecule has 0 saturated carbocycles. The van der Waals surface area contributed by atoms with Gasteiger partial charge in [-0.25, -0.2) is 0 Å². The van der Waals surface area contributed by atoms with E-state index in [2.05, 4.69) is 48.3 Å². The average molecular weight is 378 g/mol. The van der Waals surface area contributed by atoms with Gasteiger partial charge in [0.2, 0.25) is 0 Å². The SMILES string of the molecule is Cc1ccc2c(-c3[nH]c4c(C)ccc(Cl)c4c3CCCCN)cccc2n1. The van der Waals surface area contributed by atoms with E-state index in [1.54, 1.807) is 0 Å². The maximum Gasteiger partial charge on any atom is 0.0711 e. The number of halogens is 1. The number of H-pyrrole nitrogens is 1. The molecular formula is C23H24ClN3. The van der Waals surface area contributed by atoms with Crippen molar-refractivity contribution in [3.8, 4) is 11.3 Å². The number of unbranched alkanes of at least 4 members (excludes halogenated alkanes) is 1. The Bertz CT molecular complexity index is 1130. The average Bonchev–Trinajstić information content (AvgIpc) is 3.05. The first-order valence-corrected chi connectivity index (χ1v) is 9.84. The zero-order valence-corrected chi connectivity index (χ0v) is 16.5. The molecule has 4 heteroatoms. The summed E-state index contributed by atoms with van der Waals surface area (Å²) in [7, 11) is 0. The number of fused-ring (bicyclic) bond motifs is 2. The maximum atomic E-state index is 6.63. The lowest BCUT2D eigenvalue weighted by molar-refractivity contribution is 0.748. The molecule has 0 amide bonds. The summed E-state index contributed by atoms with van der Waals surface area (Å²) in [6.45, 7) is 4.86. The van der Waals surface area contributed by atoms with Crippen molar-refractivity contribution < 1.29 is 0 Å². The molecule has 0 aliphatic heterocycles. The highest BCUT2D eigenvalue weighted by Gasteiger charge is 2.18. The molecule has 2 aromatic heterocycles. The van der Waals surface area contributed by atoms with Crippen LogP contribution in [0.25, 0.3) is 33.1 Å². The number of aromatic amines is 1. The van der Waals surface area contributed by atoms with Crippen LogP contribution in [0, 0.1) is 13.8 Å². The third-order valence-electron chi connectivity index (χ3n) is 5.24. The van der Waals surface area contributed by atoms with E-state index in [4.69, 9.17) is 22.3 Å². The summed E-state index contributed by atoms with van der Waals surface area (Å²) in [5, 5.41) is 3.10. The van der Waals surface area contributed by atoms with E-state index in [1.165, 1.54) is 16.7 Å². The number of rotatable bonds is 5. The minimum atomic E-state index is 0.710. The molecule has 4 rings (SSSR count). The van der Waals surface area contributed by atoms with Crippen molar-refractivity contribution in [2.24, 2.45) is 5.73 Å². The van der Waals surface area contributed by atoms with Gasteiger partial charge in [-0.1, -0.05) is 35.9 Å². The highest BCUT2D eigenvalue weighted by atomic mass is 35.5. The van der Waals surface area contributed by atoms with Crippen LogP contribution in [0.4, 0.5) is 0 Å². The summed E-state index contributed by atoms with van der Waals surface area (Å²) >= 11 is 6.63. The van der Waals surface area contributed by atoms with Crippen LogP contribution in [0.2, 0.25) is 5.02 Å². The highest BCUT2D eigenvalue weighted by Crippen LogP contribution is 2.39. The van der Waals surface area contributed by atoms with Crippen LogP contribution in [-0.2, 0) is 6.42 Å². The summed E-state index contributed by atoms with van der Waals surface area (Å²) in [5.41, 5.74) is 13.7. The van der Waals surface area contributed by atoms with Crippen molar-refractivity contribution >= 4 is 33.4 Å².